The third kappa shape index (κ3) is 1.97. The van der Waals surface area contributed by atoms with Crippen LogP contribution >= 0.6 is 0 Å². The number of pyridine rings is 1. The molecule has 3 rings (SSSR count). The van der Waals surface area contributed by atoms with Gasteiger partial charge in [-0.25, -0.2) is 0 Å². The van der Waals surface area contributed by atoms with E-state index in [2.05, 4.69) is 9.88 Å². The van der Waals surface area contributed by atoms with Crippen molar-refractivity contribution in [3.8, 4) is 0 Å². The van der Waals surface area contributed by atoms with Gasteiger partial charge in [0.15, 0.2) is 0 Å². The number of anilines is 2. The number of aromatic nitrogens is 1. The number of rotatable bonds is 2. The molecule has 0 bridgehead atoms. The zero-order valence-corrected chi connectivity index (χ0v) is 10.5. The number of hydrogen-bond donors (Lipinski definition) is 2. The molecule has 1 unspecified atom stereocenters. The number of nitrogens with two attached hydrogens (primary N) is 2. The van der Waals surface area contributed by atoms with Gasteiger partial charge in [-0.05, 0) is 12.5 Å². The number of amides is 1. The van der Waals surface area contributed by atoms with Crippen molar-refractivity contribution >= 4 is 28.2 Å². The number of nitrogens with zero attached hydrogens (tertiary/aromatic N) is 2. The van der Waals surface area contributed by atoms with Crippen LogP contribution < -0.4 is 16.4 Å². The number of para-hydroxylation sites is 1. The first-order chi connectivity index (χ1) is 9.16. The Bertz CT molecular complexity index is 640. The first-order valence-corrected chi connectivity index (χ1v) is 6.34. The Hall–Kier alpha value is -2.30. The first kappa shape index (κ1) is 11.8. The van der Waals surface area contributed by atoms with Crippen LogP contribution in [-0.2, 0) is 4.79 Å². The van der Waals surface area contributed by atoms with E-state index in [0.717, 1.165) is 29.6 Å². The van der Waals surface area contributed by atoms with Crippen molar-refractivity contribution in [3.05, 3.63) is 30.5 Å². The number of fused-ring (bicyclic) bond motifs is 1. The van der Waals surface area contributed by atoms with Crippen LogP contribution in [0.5, 0.6) is 0 Å². The molecule has 5 heteroatoms. The molecule has 1 fully saturated rings. The van der Waals surface area contributed by atoms with Crippen LogP contribution in [0.4, 0.5) is 11.4 Å². The number of carbonyl (C=O) groups excluding carboxylic acids is 1. The molecule has 1 aromatic heterocycles. The molecule has 1 aromatic carbocycles. The van der Waals surface area contributed by atoms with Crippen LogP contribution in [0.2, 0.25) is 0 Å². The SMILES string of the molecule is NC(=O)C1CCN(c2c(N)cnc3ccccc23)C1. The van der Waals surface area contributed by atoms with Crippen molar-refractivity contribution in [3.63, 3.8) is 0 Å². The molecule has 1 amide bonds. The summed E-state index contributed by atoms with van der Waals surface area (Å²) in [6, 6.07) is 7.88. The van der Waals surface area contributed by atoms with E-state index in [0.29, 0.717) is 12.2 Å². The molecule has 5 nitrogen and oxygen atoms in total. The van der Waals surface area contributed by atoms with Gasteiger partial charge in [0.2, 0.25) is 5.91 Å². The maximum absolute atomic E-state index is 11.3. The lowest BCUT2D eigenvalue weighted by molar-refractivity contribution is -0.121. The van der Waals surface area contributed by atoms with E-state index in [-0.39, 0.29) is 11.8 Å². The molecule has 2 heterocycles. The number of primary amides is 1. The van der Waals surface area contributed by atoms with Gasteiger partial charge in [-0.1, -0.05) is 18.2 Å². The lowest BCUT2D eigenvalue weighted by Gasteiger charge is -2.22. The minimum atomic E-state index is -0.237. The van der Waals surface area contributed by atoms with E-state index >= 15 is 0 Å². The van der Waals surface area contributed by atoms with Crippen molar-refractivity contribution in [1.29, 1.82) is 0 Å². The summed E-state index contributed by atoms with van der Waals surface area (Å²) in [6.45, 7) is 1.43. The van der Waals surface area contributed by atoms with Crippen molar-refractivity contribution in [1.82, 2.24) is 4.98 Å². The molecule has 1 aliphatic rings. The van der Waals surface area contributed by atoms with E-state index in [4.69, 9.17) is 11.5 Å². The summed E-state index contributed by atoms with van der Waals surface area (Å²) in [5.41, 5.74) is 14.0. The van der Waals surface area contributed by atoms with Crippen LogP contribution in [0.3, 0.4) is 0 Å². The molecule has 0 spiro atoms. The van der Waals surface area contributed by atoms with E-state index in [1.165, 1.54) is 0 Å². The van der Waals surface area contributed by atoms with Gasteiger partial charge in [0.1, 0.15) is 0 Å². The van der Waals surface area contributed by atoms with E-state index in [1.54, 1.807) is 6.20 Å². The fraction of sp³-hybridized carbons (Fsp3) is 0.286. The van der Waals surface area contributed by atoms with Crippen molar-refractivity contribution in [2.75, 3.05) is 23.7 Å². The van der Waals surface area contributed by atoms with Gasteiger partial charge in [0, 0.05) is 18.5 Å². The Balaban J connectivity index is 2.05. The van der Waals surface area contributed by atoms with Crippen molar-refractivity contribution in [2.24, 2.45) is 11.7 Å². The average Bonchev–Trinajstić information content (AvgIpc) is 2.88. The second-order valence-corrected chi connectivity index (χ2v) is 4.91. The van der Waals surface area contributed by atoms with E-state index in [1.807, 2.05) is 24.3 Å². The lowest BCUT2D eigenvalue weighted by atomic mass is 10.1. The molecular formula is C14H16N4O. The molecule has 1 saturated heterocycles. The Morgan fingerprint density at radius 2 is 2.16 bits per heavy atom. The second-order valence-electron chi connectivity index (χ2n) is 4.91. The highest BCUT2D eigenvalue weighted by atomic mass is 16.1. The van der Waals surface area contributed by atoms with E-state index in [9.17, 15) is 4.79 Å². The number of hydrogen-bond acceptors (Lipinski definition) is 4. The molecule has 19 heavy (non-hydrogen) atoms. The largest absolute Gasteiger partial charge is 0.396 e. The van der Waals surface area contributed by atoms with Gasteiger partial charge in [0.25, 0.3) is 0 Å². The fourth-order valence-corrected chi connectivity index (χ4v) is 2.69. The topological polar surface area (TPSA) is 85.2 Å². The normalized spacial score (nSPS) is 18.9. The summed E-state index contributed by atoms with van der Waals surface area (Å²) >= 11 is 0. The summed E-state index contributed by atoms with van der Waals surface area (Å²) in [7, 11) is 0. The van der Waals surface area contributed by atoms with Crippen LogP contribution in [-0.4, -0.2) is 24.0 Å². The van der Waals surface area contributed by atoms with Gasteiger partial charge in [-0.3, -0.25) is 9.78 Å². The van der Waals surface area contributed by atoms with Crippen LogP contribution in [0.25, 0.3) is 10.9 Å². The van der Waals surface area contributed by atoms with Gasteiger partial charge in [0.05, 0.1) is 29.0 Å². The highest BCUT2D eigenvalue weighted by molar-refractivity contribution is 5.97. The first-order valence-electron chi connectivity index (χ1n) is 6.34. The average molecular weight is 256 g/mol. The lowest BCUT2D eigenvalue weighted by Crippen LogP contribution is -2.27. The summed E-state index contributed by atoms with van der Waals surface area (Å²) in [4.78, 5) is 17.7. The minimum absolute atomic E-state index is 0.0914. The molecule has 0 radical (unpaired) electrons. The Kier molecular flexibility index (Phi) is 2.74. The Labute approximate surface area is 111 Å². The standard InChI is InChI=1S/C14H16N4O/c15-11-7-17-12-4-2-1-3-10(12)13(11)18-6-5-9(8-18)14(16)19/h1-4,7,9H,5-6,8,15H2,(H2,16,19). The molecule has 0 saturated carbocycles. The van der Waals surface area contributed by atoms with Crippen molar-refractivity contribution < 1.29 is 4.79 Å². The highest BCUT2D eigenvalue weighted by Crippen LogP contribution is 2.34. The monoisotopic (exact) mass is 256 g/mol. The number of benzene rings is 1. The summed E-state index contributed by atoms with van der Waals surface area (Å²) in [6.07, 6.45) is 2.46. The third-order valence-corrected chi connectivity index (χ3v) is 3.68. The van der Waals surface area contributed by atoms with Gasteiger partial charge in [-0.2, -0.15) is 0 Å². The fourth-order valence-electron chi connectivity index (χ4n) is 2.69. The maximum Gasteiger partial charge on any atom is 0.222 e. The summed E-state index contributed by atoms with van der Waals surface area (Å²) in [5.74, 6) is -0.328. The predicted octanol–water partition coefficient (Wildman–Crippen LogP) is 1.13. The summed E-state index contributed by atoms with van der Waals surface area (Å²) < 4.78 is 0. The molecule has 2 aromatic rings. The van der Waals surface area contributed by atoms with Crippen LogP contribution in [0.1, 0.15) is 6.42 Å². The second kappa shape index (κ2) is 4.42. The van der Waals surface area contributed by atoms with Crippen molar-refractivity contribution in [2.45, 2.75) is 6.42 Å². The molecule has 4 N–H and O–H groups in total. The van der Waals surface area contributed by atoms with Crippen LogP contribution in [0.15, 0.2) is 30.5 Å². The Morgan fingerprint density at radius 3 is 2.89 bits per heavy atom. The van der Waals surface area contributed by atoms with Crippen LogP contribution in [0, 0.1) is 5.92 Å². The molecule has 1 atom stereocenters. The minimum Gasteiger partial charge on any atom is -0.396 e. The smallest absolute Gasteiger partial charge is 0.222 e. The maximum atomic E-state index is 11.3. The molecule has 98 valence electrons. The number of carbonyl (C=O) groups is 1. The summed E-state index contributed by atoms with van der Waals surface area (Å²) in [5, 5.41) is 1.02. The van der Waals surface area contributed by atoms with E-state index < -0.39 is 0 Å². The zero-order valence-electron chi connectivity index (χ0n) is 10.5. The molecular weight excluding hydrogens is 240 g/mol. The van der Waals surface area contributed by atoms with Gasteiger partial charge < -0.3 is 16.4 Å². The third-order valence-electron chi connectivity index (χ3n) is 3.68. The quantitative estimate of drug-likeness (QED) is 0.843. The predicted molar refractivity (Wildman–Crippen MR) is 75.7 cm³/mol. The Morgan fingerprint density at radius 1 is 1.37 bits per heavy atom. The van der Waals surface area contributed by atoms with Gasteiger partial charge in [-0.15, -0.1) is 0 Å². The molecule has 1 aliphatic heterocycles. The zero-order chi connectivity index (χ0) is 13.4. The number of nitrogen functional groups attached to an aromatic ring is 1. The van der Waals surface area contributed by atoms with Gasteiger partial charge >= 0.3 is 0 Å². The molecule has 0 aliphatic carbocycles. The highest BCUT2D eigenvalue weighted by Gasteiger charge is 2.28.